The molecule has 19 heavy (non-hydrogen) atoms. The van der Waals surface area contributed by atoms with Gasteiger partial charge >= 0.3 is 0 Å². The molecule has 1 aromatic heterocycles. The van der Waals surface area contributed by atoms with Crippen molar-refractivity contribution in [2.45, 2.75) is 45.1 Å². The Balaban J connectivity index is 2.00. The highest BCUT2D eigenvalue weighted by Crippen LogP contribution is 2.28. The largest absolute Gasteiger partial charge is 0.397 e. The van der Waals surface area contributed by atoms with E-state index < -0.39 is 5.91 Å². The number of nitrogens with zero attached hydrogens (tertiary/aromatic N) is 1. The van der Waals surface area contributed by atoms with Gasteiger partial charge in [-0.15, -0.1) is 0 Å². The fraction of sp³-hybridized carbons (Fsp3) is 0.571. The zero-order valence-corrected chi connectivity index (χ0v) is 11.4. The molecule has 0 radical (unpaired) electrons. The highest BCUT2D eigenvalue weighted by molar-refractivity contribution is 5.98. The molecular weight excluding hydrogens is 240 g/mol. The number of nitrogens with two attached hydrogens (primary N) is 2. The summed E-state index contributed by atoms with van der Waals surface area (Å²) in [5.74, 6) is 1.03. The number of nitrogens with one attached hydrogen (secondary N) is 1. The third-order valence-corrected chi connectivity index (χ3v) is 3.98. The fourth-order valence-corrected chi connectivity index (χ4v) is 2.68. The van der Waals surface area contributed by atoms with Gasteiger partial charge in [-0.25, -0.2) is 4.98 Å². The summed E-state index contributed by atoms with van der Waals surface area (Å²) < 4.78 is 0. The van der Waals surface area contributed by atoms with Gasteiger partial charge in [-0.05, 0) is 37.7 Å². The second-order valence-corrected chi connectivity index (χ2v) is 5.29. The van der Waals surface area contributed by atoms with E-state index in [-0.39, 0.29) is 0 Å². The molecule has 0 unspecified atom stereocenters. The van der Waals surface area contributed by atoms with Crippen LogP contribution in [-0.4, -0.2) is 16.9 Å². The molecule has 1 aromatic rings. The number of nitrogen functional groups attached to an aromatic ring is 1. The maximum atomic E-state index is 11.2. The maximum Gasteiger partial charge on any atom is 0.250 e. The highest BCUT2D eigenvalue weighted by Gasteiger charge is 2.20. The van der Waals surface area contributed by atoms with Crippen molar-refractivity contribution in [3.63, 3.8) is 0 Å². The summed E-state index contributed by atoms with van der Waals surface area (Å²) in [7, 11) is 0. The molecule has 5 N–H and O–H groups in total. The van der Waals surface area contributed by atoms with E-state index in [1.165, 1.54) is 25.5 Å². The lowest BCUT2D eigenvalue weighted by atomic mass is 9.84. The molecule has 5 nitrogen and oxygen atoms in total. The molecule has 0 bridgehead atoms. The third-order valence-electron chi connectivity index (χ3n) is 3.98. The van der Waals surface area contributed by atoms with Crippen LogP contribution in [0.25, 0.3) is 0 Å². The number of hydrogen-bond acceptors (Lipinski definition) is 4. The number of rotatable bonds is 4. The lowest BCUT2D eigenvalue weighted by Crippen LogP contribution is -2.26. The average Bonchev–Trinajstić information content (AvgIpc) is 2.41. The lowest BCUT2D eigenvalue weighted by Gasteiger charge is -2.28. The average molecular weight is 262 g/mol. The molecule has 1 heterocycles. The van der Waals surface area contributed by atoms with Gasteiger partial charge in [0.1, 0.15) is 5.82 Å². The smallest absolute Gasteiger partial charge is 0.250 e. The van der Waals surface area contributed by atoms with Crippen molar-refractivity contribution in [3.8, 4) is 0 Å². The van der Waals surface area contributed by atoms with E-state index in [1.807, 2.05) is 0 Å². The molecule has 1 aliphatic rings. The molecule has 0 aliphatic heterocycles. The Bertz CT molecular complexity index is 453. The molecule has 0 spiro atoms. The van der Waals surface area contributed by atoms with Gasteiger partial charge in [0.05, 0.1) is 17.4 Å². The molecule has 2 rings (SSSR count). The van der Waals surface area contributed by atoms with Crippen molar-refractivity contribution in [1.82, 2.24) is 4.98 Å². The second-order valence-electron chi connectivity index (χ2n) is 5.29. The van der Waals surface area contributed by atoms with Crippen molar-refractivity contribution in [2.24, 2.45) is 11.7 Å². The number of aromatic nitrogens is 1. The molecule has 0 saturated heterocycles. The maximum absolute atomic E-state index is 11.2. The molecule has 1 saturated carbocycles. The van der Waals surface area contributed by atoms with E-state index in [0.717, 1.165) is 18.8 Å². The van der Waals surface area contributed by atoms with Crippen molar-refractivity contribution < 1.29 is 4.79 Å². The van der Waals surface area contributed by atoms with E-state index in [2.05, 4.69) is 17.2 Å². The van der Waals surface area contributed by atoms with Gasteiger partial charge in [-0.3, -0.25) is 4.79 Å². The molecule has 1 aliphatic carbocycles. The number of carbonyl (C=O) groups excluding carboxylic acids is 1. The topological polar surface area (TPSA) is 94.0 Å². The van der Waals surface area contributed by atoms with Crippen LogP contribution >= 0.6 is 0 Å². The standard InChI is InChI=1S/C14H22N4O/c1-2-9-3-5-10(6-4-9)18-13-7-11(14(16)19)12(15)8-17-13/h7-10H,2-6,15H2,1H3,(H2,16,19)(H,17,18). The zero-order valence-electron chi connectivity index (χ0n) is 11.4. The van der Waals surface area contributed by atoms with Crippen molar-refractivity contribution in [3.05, 3.63) is 17.8 Å². The summed E-state index contributed by atoms with van der Waals surface area (Å²) in [6.45, 7) is 2.25. The van der Waals surface area contributed by atoms with Crippen LogP contribution < -0.4 is 16.8 Å². The molecule has 0 aromatic carbocycles. The predicted octanol–water partition coefficient (Wildman–Crippen LogP) is 2.14. The van der Waals surface area contributed by atoms with Crippen LogP contribution in [0.3, 0.4) is 0 Å². The van der Waals surface area contributed by atoms with Crippen LogP contribution in [0.15, 0.2) is 12.3 Å². The first-order chi connectivity index (χ1) is 9.10. The summed E-state index contributed by atoms with van der Waals surface area (Å²) in [5, 5.41) is 3.37. The summed E-state index contributed by atoms with van der Waals surface area (Å²) in [4.78, 5) is 15.4. The van der Waals surface area contributed by atoms with Crippen LogP contribution in [0.1, 0.15) is 49.4 Å². The monoisotopic (exact) mass is 262 g/mol. The minimum absolute atomic E-state index is 0.327. The van der Waals surface area contributed by atoms with Gasteiger partial charge in [0.15, 0.2) is 0 Å². The number of primary amides is 1. The van der Waals surface area contributed by atoms with Gasteiger partial charge in [0.2, 0.25) is 0 Å². The molecule has 0 atom stereocenters. The molecular formula is C14H22N4O. The van der Waals surface area contributed by atoms with Crippen molar-refractivity contribution in [1.29, 1.82) is 0 Å². The van der Waals surface area contributed by atoms with Crippen LogP contribution in [0, 0.1) is 5.92 Å². The van der Waals surface area contributed by atoms with E-state index in [1.54, 1.807) is 6.07 Å². The normalized spacial score (nSPS) is 23.0. The second kappa shape index (κ2) is 5.91. The van der Waals surface area contributed by atoms with Gasteiger partial charge in [-0.1, -0.05) is 13.3 Å². The number of hydrogen-bond donors (Lipinski definition) is 3. The van der Waals surface area contributed by atoms with Gasteiger partial charge in [0.25, 0.3) is 5.91 Å². The third kappa shape index (κ3) is 3.36. The van der Waals surface area contributed by atoms with Crippen LogP contribution in [0.2, 0.25) is 0 Å². The van der Waals surface area contributed by atoms with E-state index in [0.29, 0.717) is 23.1 Å². The number of carbonyl (C=O) groups is 1. The highest BCUT2D eigenvalue weighted by atomic mass is 16.1. The SMILES string of the molecule is CCC1CCC(Nc2cc(C(N)=O)c(N)cn2)CC1. The number of pyridine rings is 1. The Hall–Kier alpha value is -1.78. The Morgan fingerprint density at radius 3 is 2.68 bits per heavy atom. The Labute approximate surface area is 113 Å². The van der Waals surface area contributed by atoms with E-state index in [4.69, 9.17) is 11.5 Å². The van der Waals surface area contributed by atoms with Gasteiger partial charge < -0.3 is 16.8 Å². The van der Waals surface area contributed by atoms with Gasteiger partial charge in [-0.2, -0.15) is 0 Å². The Morgan fingerprint density at radius 1 is 1.42 bits per heavy atom. The van der Waals surface area contributed by atoms with Crippen molar-refractivity contribution >= 4 is 17.4 Å². The molecule has 1 fully saturated rings. The summed E-state index contributed by atoms with van der Waals surface area (Å²) >= 11 is 0. The zero-order chi connectivity index (χ0) is 13.8. The van der Waals surface area contributed by atoms with Crippen molar-refractivity contribution in [2.75, 3.05) is 11.1 Å². The van der Waals surface area contributed by atoms with Crippen LogP contribution in [0.5, 0.6) is 0 Å². The summed E-state index contributed by atoms with van der Waals surface area (Å²) in [6.07, 6.45) is 7.56. The molecule has 5 heteroatoms. The minimum atomic E-state index is -0.516. The van der Waals surface area contributed by atoms with Crippen LogP contribution in [0.4, 0.5) is 11.5 Å². The first kappa shape index (κ1) is 13.6. The quantitative estimate of drug-likeness (QED) is 0.775. The van der Waals surface area contributed by atoms with Crippen LogP contribution in [-0.2, 0) is 0 Å². The fourth-order valence-electron chi connectivity index (χ4n) is 2.68. The summed E-state index contributed by atoms with van der Waals surface area (Å²) in [5.41, 5.74) is 11.6. The minimum Gasteiger partial charge on any atom is -0.397 e. The molecule has 1 amide bonds. The predicted molar refractivity (Wildman–Crippen MR) is 76.8 cm³/mol. The Morgan fingerprint density at radius 2 is 2.11 bits per heavy atom. The molecule has 104 valence electrons. The lowest BCUT2D eigenvalue weighted by molar-refractivity contribution is 0.100. The number of amides is 1. The van der Waals surface area contributed by atoms with E-state index in [9.17, 15) is 4.79 Å². The number of anilines is 2. The van der Waals surface area contributed by atoms with E-state index >= 15 is 0 Å². The first-order valence-electron chi connectivity index (χ1n) is 6.92. The summed E-state index contributed by atoms with van der Waals surface area (Å²) in [6, 6.07) is 2.07. The Kier molecular flexibility index (Phi) is 4.24. The van der Waals surface area contributed by atoms with Gasteiger partial charge in [0, 0.05) is 6.04 Å². The first-order valence-corrected chi connectivity index (χ1v) is 6.92.